The van der Waals surface area contributed by atoms with Gasteiger partial charge in [-0.05, 0) is 60.7 Å². The summed E-state index contributed by atoms with van der Waals surface area (Å²) in [4.78, 5) is 11.5. The van der Waals surface area contributed by atoms with Crippen molar-refractivity contribution in [3.8, 4) is 11.1 Å². The van der Waals surface area contributed by atoms with Crippen LogP contribution in [0.3, 0.4) is 0 Å². The lowest BCUT2D eigenvalue weighted by molar-refractivity contribution is 0.179. The minimum Gasteiger partial charge on any atom is -0.334 e. The molecular weight excluding hydrogens is 375 g/mol. The van der Waals surface area contributed by atoms with Crippen molar-refractivity contribution in [3.63, 3.8) is 0 Å². The van der Waals surface area contributed by atoms with Crippen molar-refractivity contribution in [1.82, 2.24) is 19.4 Å². The molecule has 1 aliphatic rings. The summed E-state index contributed by atoms with van der Waals surface area (Å²) in [5.41, 5.74) is 5.44. The van der Waals surface area contributed by atoms with Gasteiger partial charge in [0, 0.05) is 43.5 Å². The fourth-order valence-corrected chi connectivity index (χ4v) is 4.45. The molecule has 0 spiro atoms. The van der Waals surface area contributed by atoms with Gasteiger partial charge in [-0.1, -0.05) is 24.3 Å². The summed E-state index contributed by atoms with van der Waals surface area (Å²) in [5, 5.41) is 1.10. The van der Waals surface area contributed by atoms with Gasteiger partial charge in [0.15, 0.2) is 0 Å². The molecule has 30 heavy (non-hydrogen) atoms. The van der Waals surface area contributed by atoms with E-state index in [-0.39, 0.29) is 5.82 Å². The number of pyridine rings is 1. The number of rotatable bonds is 4. The number of piperidine rings is 1. The normalized spacial score (nSPS) is 15.7. The summed E-state index contributed by atoms with van der Waals surface area (Å²) in [7, 11) is 0. The van der Waals surface area contributed by atoms with E-state index < -0.39 is 0 Å². The standard InChI is InChI=1S/C25H25FN4/c1-18-15-30(17-28-18)22-9-12-29(13-10-22)16-19-2-7-24-23(8-11-27-25(24)14-19)20-3-5-21(26)6-4-20/h2-8,11,14-15,17,22H,9-10,12-13,16H2,1H3. The molecule has 0 bridgehead atoms. The Bertz CT molecular complexity index is 1160. The predicted molar refractivity (Wildman–Crippen MR) is 118 cm³/mol. The summed E-state index contributed by atoms with van der Waals surface area (Å²) < 4.78 is 15.6. The lowest BCUT2D eigenvalue weighted by atomic mass is 9.99. The van der Waals surface area contributed by atoms with Gasteiger partial charge < -0.3 is 4.57 Å². The van der Waals surface area contributed by atoms with Gasteiger partial charge in [0.1, 0.15) is 5.82 Å². The molecule has 2 aromatic carbocycles. The third-order valence-electron chi connectivity index (χ3n) is 6.08. The largest absolute Gasteiger partial charge is 0.334 e. The molecule has 1 fully saturated rings. The Balaban J connectivity index is 1.31. The van der Waals surface area contributed by atoms with Crippen molar-refractivity contribution in [2.45, 2.75) is 32.4 Å². The first-order valence-corrected chi connectivity index (χ1v) is 10.5. The maximum absolute atomic E-state index is 13.3. The Morgan fingerprint density at radius 2 is 1.80 bits per heavy atom. The molecule has 1 saturated heterocycles. The Kier molecular flexibility index (Phi) is 5.05. The number of nitrogens with zero attached hydrogens (tertiary/aromatic N) is 4. The minimum absolute atomic E-state index is 0.216. The van der Waals surface area contributed by atoms with Crippen LogP contribution in [-0.4, -0.2) is 32.5 Å². The van der Waals surface area contributed by atoms with E-state index in [0.29, 0.717) is 6.04 Å². The predicted octanol–water partition coefficient (Wildman–Crippen LogP) is 5.38. The molecule has 5 heteroatoms. The Hall–Kier alpha value is -3.05. The van der Waals surface area contributed by atoms with Gasteiger partial charge in [0.2, 0.25) is 0 Å². The van der Waals surface area contributed by atoms with Gasteiger partial charge in [-0.2, -0.15) is 0 Å². The van der Waals surface area contributed by atoms with Crippen molar-refractivity contribution < 1.29 is 4.39 Å². The van der Waals surface area contributed by atoms with Gasteiger partial charge >= 0.3 is 0 Å². The molecule has 0 saturated carbocycles. The van der Waals surface area contributed by atoms with E-state index in [4.69, 9.17) is 0 Å². The molecule has 4 nitrogen and oxygen atoms in total. The smallest absolute Gasteiger partial charge is 0.123 e. The molecular formula is C25H25FN4. The van der Waals surface area contributed by atoms with Crippen LogP contribution in [0.4, 0.5) is 4.39 Å². The maximum atomic E-state index is 13.3. The van der Waals surface area contributed by atoms with Crippen LogP contribution in [0.15, 0.2) is 67.3 Å². The van der Waals surface area contributed by atoms with Gasteiger partial charge in [0.05, 0.1) is 17.5 Å². The number of aromatic nitrogens is 3. The van der Waals surface area contributed by atoms with Crippen LogP contribution in [0.25, 0.3) is 22.0 Å². The van der Waals surface area contributed by atoms with Gasteiger partial charge in [-0.15, -0.1) is 0 Å². The Labute approximate surface area is 176 Å². The zero-order chi connectivity index (χ0) is 20.5. The van der Waals surface area contributed by atoms with Crippen LogP contribution in [0, 0.1) is 12.7 Å². The summed E-state index contributed by atoms with van der Waals surface area (Å²) >= 11 is 0. The lowest BCUT2D eigenvalue weighted by Crippen LogP contribution is -2.33. The first-order valence-electron chi connectivity index (χ1n) is 10.5. The average molecular weight is 401 g/mol. The van der Waals surface area contributed by atoms with Crippen LogP contribution >= 0.6 is 0 Å². The summed E-state index contributed by atoms with van der Waals surface area (Å²) in [6, 6.07) is 15.7. The quantitative estimate of drug-likeness (QED) is 0.461. The van der Waals surface area contributed by atoms with Crippen molar-refractivity contribution in [2.75, 3.05) is 13.1 Å². The number of benzene rings is 2. The van der Waals surface area contributed by atoms with Crippen LogP contribution < -0.4 is 0 Å². The first-order chi connectivity index (χ1) is 14.7. The van der Waals surface area contributed by atoms with Crippen molar-refractivity contribution in [1.29, 1.82) is 0 Å². The van der Waals surface area contributed by atoms with E-state index in [1.165, 1.54) is 17.7 Å². The molecule has 0 amide bonds. The third kappa shape index (κ3) is 3.85. The Morgan fingerprint density at radius 3 is 2.53 bits per heavy atom. The van der Waals surface area contributed by atoms with E-state index in [1.807, 2.05) is 37.6 Å². The highest BCUT2D eigenvalue weighted by Gasteiger charge is 2.20. The summed E-state index contributed by atoms with van der Waals surface area (Å²) in [6.07, 6.45) is 8.24. The molecule has 152 valence electrons. The second-order valence-corrected chi connectivity index (χ2v) is 8.19. The van der Waals surface area contributed by atoms with Crippen molar-refractivity contribution in [3.05, 3.63) is 84.3 Å². The molecule has 0 radical (unpaired) electrons. The number of halogens is 1. The highest BCUT2D eigenvalue weighted by Crippen LogP contribution is 2.29. The summed E-state index contributed by atoms with van der Waals surface area (Å²) in [5.74, 6) is -0.216. The van der Waals surface area contributed by atoms with Crippen LogP contribution in [0.5, 0.6) is 0 Å². The molecule has 3 heterocycles. The van der Waals surface area contributed by atoms with E-state index in [9.17, 15) is 4.39 Å². The number of aryl methyl sites for hydroxylation is 1. The van der Waals surface area contributed by atoms with E-state index in [2.05, 4.69) is 43.8 Å². The van der Waals surface area contributed by atoms with E-state index >= 15 is 0 Å². The molecule has 5 rings (SSSR count). The minimum atomic E-state index is -0.216. The van der Waals surface area contributed by atoms with E-state index in [0.717, 1.165) is 60.2 Å². The van der Waals surface area contributed by atoms with Crippen molar-refractivity contribution >= 4 is 10.9 Å². The lowest BCUT2D eigenvalue weighted by Gasteiger charge is -2.32. The molecule has 1 aliphatic heterocycles. The number of fused-ring (bicyclic) bond motifs is 1. The first kappa shape index (κ1) is 18.9. The molecule has 4 aromatic rings. The van der Waals surface area contributed by atoms with Crippen LogP contribution in [0.2, 0.25) is 0 Å². The number of hydrogen-bond donors (Lipinski definition) is 0. The maximum Gasteiger partial charge on any atom is 0.123 e. The molecule has 0 atom stereocenters. The zero-order valence-corrected chi connectivity index (χ0v) is 17.1. The number of likely N-dealkylation sites (tertiary alicyclic amines) is 1. The fourth-order valence-electron chi connectivity index (χ4n) is 4.45. The van der Waals surface area contributed by atoms with Gasteiger partial charge in [0.25, 0.3) is 0 Å². The van der Waals surface area contributed by atoms with Crippen LogP contribution in [0.1, 0.15) is 30.1 Å². The fraction of sp³-hybridized carbons (Fsp3) is 0.280. The topological polar surface area (TPSA) is 34.0 Å². The second-order valence-electron chi connectivity index (χ2n) is 8.19. The third-order valence-corrected chi connectivity index (χ3v) is 6.08. The Morgan fingerprint density at radius 1 is 1.00 bits per heavy atom. The highest BCUT2D eigenvalue weighted by atomic mass is 19.1. The number of hydrogen-bond acceptors (Lipinski definition) is 3. The zero-order valence-electron chi connectivity index (χ0n) is 17.1. The van der Waals surface area contributed by atoms with Gasteiger partial charge in [-0.3, -0.25) is 9.88 Å². The molecule has 0 N–H and O–H groups in total. The average Bonchev–Trinajstić information content (AvgIpc) is 3.21. The van der Waals surface area contributed by atoms with Gasteiger partial charge in [-0.25, -0.2) is 9.37 Å². The molecule has 2 aromatic heterocycles. The molecule has 0 aliphatic carbocycles. The molecule has 0 unspecified atom stereocenters. The monoisotopic (exact) mass is 400 g/mol. The van der Waals surface area contributed by atoms with Crippen LogP contribution in [-0.2, 0) is 6.54 Å². The second kappa shape index (κ2) is 8.00. The highest BCUT2D eigenvalue weighted by molar-refractivity contribution is 5.94. The van der Waals surface area contributed by atoms with Crippen molar-refractivity contribution in [2.24, 2.45) is 0 Å². The number of imidazole rings is 1. The summed E-state index contributed by atoms with van der Waals surface area (Å²) in [6.45, 7) is 5.15. The SMILES string of the molecule is Cc1cn(C2CCN(Cc3ccc4c(-c5ccc(F)cc5)ccnc4c3)CC2)cn1. The van der Waals surface area contributed by atoms with E-state index in [1.54, 1.807) is 0 Å².